The van der Waals surface area contributed by atoms with Crippen molar-refractivity contribution in [2.24, 2.45) is 17.8 Å². The molecule has 0 atom stereocenters. The molecule has 3 heteroatoms. The average Bonchev–Trinajstić information content (AvgIpc) is 3.60. The summed E-state index contributed by atoms with van der Waals surface area (Å²) < 4.78 is 2.64. The molecule has 0 N–H and O–H groups in total. The molecule has 1 heterocycles. The molecular weight excluding hydrogens is 697 g/mol. The first-order valence-electron chi connectivity index (χ1n) is 20.5. The molecule has 0 saturated heterocycles. The van der Waals surface area contributed by atoms with E-state index in [0.717, 1.165) is 46.2 Å². The van der Waals surface area contributed by atoms with Gasteiger partial charge in [0, 0.05) is 54.3 Å². The number of aryl methyl sites for hydroxylation is 1. The quantitative estimate of drug-likeness (QED) is 0.153. The molecule has 2 nitrogen and oxygen atoms in total. The first-order valence-corrected chi connectivity index (χ1v) is 21.3. The van der Waals surface area contributed by atoms with Gasteiger partial charge in [-0.1, -0.05) is 91.0 Å². The van der Waals surface area contributed by atoms with E-state index in [9.17, 15) is 0 Å². The Morgan fingerprint density at radius 3 is 1.59 bits per heavy atom. The number of nitrogens with zero attached hydrogens (tertiary/aromatic N) is 2. The van der Waals surface area contributed by atoms with E-state index in [-0.39, 0.29) is 0 Å². The molecule has 0 radical (unpaired) electrons. The van der Waals surface area contributed by atoms with E-state index in [1.807, 2.05) is 11.3 Å². The van der Waals surface area contributed by atoms with Crippen LogP contribution in [0.25, 0.3) is 31.3 Å². The summed E-state index contributed by atoms with van der Waals surface area (Å²) in [4.78, 5) is 4.89. The second kappa shape index (κ2) is 13.5. The molecule has 4 saturated carbocycles. The molecule has 12 rings (SSSR count). The fourth-order valence-corrected chi connectivity index (χ4v) is 12.3. The van der Waals surface area contributed by atoms with Crippen LogP contribution < -0.4 is 9.80 Å². The predicted molar refractivity (Wildman–Crippen MR) is 239 cm³/mol. The van der Waals surface area contributed by atoms with Crippen molar-refractivity contribution >= 4 is 65.6 Å². The molecule has 4 aliphatic carbocycles. The highest BCUT2D eigenvalue weighted by atomic mass is 32.1. The highest BCUT2D eigenvalue weighted by molar-refractivity contribution is 7.25. The Morgan fingerprint density at radius 1 is 0.429 bits per heavy atom. The van der Waals surface area contributed by atoms with Gasteiger partial charge in [0.05, 0.1) is 0 Å². The van der Waals surface area contributed by atoms with Crippen molar-refractivity contribution in [2.45, 2.75) is 50.9 Å². The van der Waals surface area contributed by atoms with E-state index in [1.165, 1.54) is 81.1 Å². The van der Waals surface area contributed by atoms with Crippen molar-refractivity contribution in [3.63, 3.8) is 0 Å². The van der Waals surface area contributed by atoms with Gasteiger partial charge in [-0.15, -0.1) is 11.3 Å². The van der Waals surface area contributed by atoms with E-state index in [0.29, 0.717) is 5.41 Å². The van der Waals surface area contributed by atoms with Crippen LogP contribution in [0.4, 0.5) is 34.1 Å². The maximum absolute atomic E-state index is 2.49. The summed E-state index contributed by atoms with van der Waals surface area (Å²) >= 11 is 1.87. The Kier molecular flexibility index (Phi) is 8.14. The Labute approximate surface area is 334 Å². The van der Waals surface area contributed by atoms with Crippen LogP contribution in [0.2, 0.25) is 0 Å². The van der Waals surface area contributed by atoms with Crippen LogP contribution in [0.5, 0.6) is 0 Å². The molecule has 1 aromatic heterocycles. The minimum atomic E-state index is 0.372. The lowest BCUT2D eigenvalue weighted by Crippen LogP contribution is -2.48. The van der Waals surface area contributed by atoms with Gasteiger partial charge in [-0.25, -0.2) is 0 Å². The second-order valence-corrected chi connectivity index (χ2v) is 18.1. The zero-order valence-corrected chi connectivity index (χ0v) is 32.8. The molecule has 0 spiro atoms. The van der Waals surface area contributed by atoms with Crippen molar-refractivity contribution in [3.05, 3.63) is 181 Å². The highest BCUT2D eigenvalue weighted by Gasteiger charge is 2.51. The number of para-hydroxylation sites is 1. The van der Waals surface area contributed by atoms with Gasteiger partial charge in [0.15, 0.2) is 0 Å². The largest absolute Gasteiger partial charge is 0.310 e. The van der Waals surface area contributed by atoms with Crippen molar-refractivity contribution in [1.29, 1.82) is 0 Å². The Bertz CT molecular complexity index is 2640. The normalized spacial score (nSPS) is 21.1. The number of hydrogen-bond donors (Lipinski definition) is 0. The summed E-state index contributed by atoms with van der Waals surface area (Å²) in [6.45, 7) is 2.23. The van der Waals surface area contributed by atoms with Crippen LogP contribution in [-0.2, 0) is 5.41 Å². The molecule has 0 amide bonds. The van der Waals surface area contributed by atoms with Gasteiger partial charge in [-0.2, -0.15) is 0 Å². The van der Waals surface area contributed by atoms with E-state index >= 15 is 0 Å². The lowest BCUT2D eigenvalue weighted by molar-refractivity contribution is -0.00518. The van der Waals surface area contributed by atoms with Gasteiger partial charge in [0.1, 0.15) is 0 Å². The number of hydrogen-bond acceptors (Lipinski definition) is 3. The summed E-state index contributed by atoms with van der Waals surface area (Å²) in [5.41, 5.74) is 12.6. The third kappa shape index (κ3) is 5.92. The highest BCUT2D eigenvalue weighted by Crippen LogP contribution is 2.61. The number of anilines is 6. The molecule has 4 bridgehead atoms. The first kappa shape index (κ1) is 33.7. The standard InChI is InChI=1S/C53H46N2S/c1-36-26-47(31-48(27-36)55(43-12-6-3-7-13-43)46-24-25-52-50(32-46)49-14-8-9-15-51(49)56-52)54(44-20-16-41(17-21-44)40-10-4-2-5-11-40)45-22-18-42(19-23-45)53-33-37-28-38(34-53)30-39(29-37)35-53/h2-27,31-32,37-39H,28-30,33-35H2,1H3. The van der Waals surface area contributed by atoms with Gasteiger partial charge in [0.25, 0.3) is 0 Å². The average molecular weight is 743 g/mol. The summed E-state index contributed by atoms with van der Waals surface area (Å²) in [5.74, 6) is 2.79. The second-order valence-electron chi connectivity index (χ2n) is 17.0. The maximum atomic E-state index is 2.49. The molecule has 0 aliphatic heterocycles. The summed E-state index contributed by atoms with van der Waals surface area (Å²) in [7, 11) is 0. The topological polar surface area (TPSA) is 6.48 Å². The number of rotatable bonds is 8. The van der Waals surface area contributed by atoms with E-state index in [1.54, 1.807) is 5.56 Å². The minimum Gasteiger partial charge on any atom is -0.310 e. The molecular formula is C53H46N2S. The summed E-state index contributed by atoms with van der Waals surface area (Å²) in [6.07, 6.45) is 8.55. The third-order valence-electron chi connectivity index (χ3n) is 13.2. The van der Waals surface area contributed by atoms with Crippen LogP contribution in [0.3, 0.4) is 0 Å². The first-order chi connectivity index (χ1) is 27.5. The van der Waals surface area contributed by atoms with Gasteiger partial charge >= 0.3 is 0 Å². The SMILES string of the molecule is Cc1cc(N(c2ccc(-c3ccccc3)cc2)c2ccc(C34CC5CC(CC(C5)C3)C4)cc2)cc(N(c2ccccc2)c2ccc3sc4ccccc4c3c2)c1. The van der Waals surface area contributed by atoms with Crippen LogP contribution >= 0.6 is 11.3 Å². The molecule has 56 heavy (non-hydrogen) atoms. The minimum absolute atomic E-state index is 0.372. The maximum Gasteiger partial charge on any atom is 0.0485 e. The molecule has 7 aromatic carbocycles. The van der Waals surface area contributed by atoms with Crippen molar-refractivity contribution in [2.75, 3.05) is 9.80 Å². The van der Waals surface area contributed by atoms with Crippen molar-refractivity contribution < 1.29 is 0 Å². The van der Waals surface area contributed by atoms with Crippen LogP contribution in [0, 0.1) is 24.7 Å². The predicted octanol–water partition coefficient (Wildman–Crippen LogP) is 15.4. The molecule has 274 valence electrons. The van der Waals surface area contributed by atoms with E-state index in [4.69, 9.17) is 0 Å². The molecule has 4 aliphatic rings. The zero-order chi connectivity index (χ0) is 37.2. The fraction of sp³-hybridized carbons (Fsp3) is 0.208. The van der Waals surface area contributed by atoms with Gasteiger partial charge in [-0.05, 0) is 170 Å². The van der Waals surface area contributed by atoms with Gasteiger partial charge < -0.3 is 9.80 Å². The third-order valence-corrected chi connectivity index (χ3v) is 14.4. The number of thiophene rings is 1. The number of benzene rings is 7. The Hall–Kier alpha value is -5.64. The Morgan fingerprint density at radius 2 is 0.929 bits per heavy atom. The lowest BCUT2D eigenvalue weighted by atomic mass is 9.48. The van der Waals surface area contributed by atoms with E-state index in [2.05, 4.69) is 187 Å². The Balaban J connectivity index is 1.04. The summed E-state index contributed by atoms with van der Waals surface area (Å²) in [6, 6.07) is 63.3. The zero-order valence-electron chi connectivity index (χ0n) is 31.9. The van der Waals surface area contributed by atoms with Crippen LogP contribution in [0.15, 0.2) is 170 Å². The number of fused-ring (bicyclic) bond motifs is 3. The van der Waals surface area contributed by atoms with Crippen LogP contribution in [-0.4, -0.2) is 0 Å². The van der Waals surface area contributed by atoms with Gasteiger partial charge in [-0.3, -0.25) is 0 Å². The smallest absolute Gasteiger partial charge is 0.0485 e. The fourth-order valence-electron chi connectivity index (χ4n) is 11.2. The van der Waals surface area contributed by atoms with Crippen LogP contribution in [0.1, 0.15) is 49.7 Å². The van der Waals surface area contributed by atoms with E-state index < -0.39 is 0 Å². The lowest BCUT2D eigenvalue weighted by Gasteiger charge is -2.57. The molecule has 8 aromatic rings. The van der Waals surface area contributed by atoms with Crippen molar-refractivity contribution in [1.82, 2.24) is 0 Å². The molecule has 0 unspecified atom stereocenters. The van der Waals surface area contributed by atoms with Gasteiger partial charge in [0.2, 0.25) is 0 Å². The molecule has 4 fully saturated rings. The monoisotopic (exact) mass is 742 g/mol. The summed E-state index contributed by atoms with van der Waals surface area (Å²) in [5, 5.41) is 2.62. The van der Waals surface area contributed by atoms with Crippen molar-refractivity contribution in [3.8, 4) is 11.1 Å².